The lowest BCUT2D eigenvalue weighted by Crippen LogP contribution is -2.24. The van der Waals surface area contributed by atoms with E-state index in [0.717, 1.165) is 25.7 Å². The van der Waals surface area contributed by atoms with Gasteiger partial charge in [-0.15, -0.1) is 0 Å². The van der Waals surface area contributed by atoms with Gasteiger partial charge in [-0.3, -0.25) is 18.7 Å². The first kappa shape index (κ1) is 21.3. The molecular formula is C24H26N4O2S. The number of aromatic nitrogens is 4. The fraction of sp³-hybridized carbons (Fsp3) is 0.333. The molecule has 0 aliphatic heterocycles. The molecule has 2 heterocycles. The van der Waals surface area contributed by atoms with Crippen LogP contribution in [0, 0.1) is 0 Å². The summed E-state index contributed by atoms with van der Waals surface area (Å²) in [5.74, 6) is 1.12. The summed E-state index contributed by atoms with van der Waals surface area (Å²) in [6.45, 7) is 2.81. The number of fused-ring (bicyclic) bond motifs is 2. The molecule has 0 saturated carbocycles. The van der Waals surface area contributed by atoms with E-state index in [-0.39, 0.29) is 11.1 Å². The highest BCUT2D eigenvalue weighted by molar-refractivity contribution is 7.98. The third-order valence-corrected chi connectivity index (χ3v) is 6.44. The van der Waals surface area contributed by atoms with E-state index in [1.165, 1.54) is 11.8 Å². The molecule has 0 atom stereocenters. The van der Waals surface area contributed by atoms with Crippen LogP contribution in [-0.4, -0.2) is 19.1 Å². The van der Waals surface area contributed by atoms with E-state index in [4.69, 9.17) is 4.98 Å². The molecule has 4 aromatic rings. The third kappa shape index (κ3) is 4.42. The molecule has 31 heavy (non-hydrogen) atoms. The summed E-state index contributed by atoms with van der Waals surface area (Å²) in [5, 5.41) is 1.91. The van der Waals surface area contributed by atoms with Crippen LogP contribution >= 0.6 is 11.8 Å². The average molecular weight is 435 g/mol. The molecule has 0 radical (unpaired) electrons. The lowest BCUT2D eigenvalue weighted by molar-refractivity contribution is 0.531. The van der Waals surface area contributed by atoms with Gasteiger partial charge in [0, 0.05) is 13.6 Å². The van der Waals surface area contributed by atoms with Gasteiger partial charge < -0.3 is 0 Å². The Labute approximate surface area is 185 Å². The maximum absolute atomic E-state index is 13.2. The van der Waals surface area contributed by atoms with Gasteiger partial charge in [0.15, 0.2) is 5.16 Å². The summed E-state index contributed by atoms with van der Waals surface area (Å²) >= 11 is 1.45. The highest BCUT2D eigenvalue weighted by Crippen LogP contribution is 2.22. The Balaban J connectivity index is 1.69. The maximum atomic E-state index is 13.2. The Kier molecular flexibility index (Phi) is 6.51. The van der Waals surface area contributed by atoms with Gasteiger partial charge in [0.25, 0.3) is 11.1 Å². The van der Waals surface area contributed by atoms with Crippen molar-refractivity contribution >= 4 is 33.6 Å². The molecule has 0 aliphatic carbocycles. The predicted molar refractivity (Wildman–Crippen MR) is 127 cm³/mol. The van der Waals surface area contributed by atoms with Crippen molar-refractivity contribution in [1.29, 1.82) is 0 Å². The molecule has 2 aromatic heterocycles. The van der Waals surface area contributed by atoms with Crippen molar-refractivity contribution < 1.29 is 0 Å². The monoisotopic (exact) mass is 434 g/mol. The SMILES string of the molecule is CCCCCCn1c(SCc2nc3ccccc3c(=O)n2C)nc2ccccc2c1=O. The van der Waals surface area contributed by atoms with Crippen LogP contribution in [0.3, 0.4) is 0 Å². The molecule has 2 aromatic carbocycles. The minimum atomic E-state index is -0.0652. The van der Waals surface area contributed by atoms with Gasteiger partial charge >= 0.3 is 0 Å². The molecule has 6 nitrogen and oxygen atoms in total. The fourth-order valence-electron chi connectivity index (χ4n) is 3.67. The summed E-state index contributed by atoms with van der Waals surface area (Å²) in [7, 11) is 1.74. The van der Waals surface area contributed by atoms with E-state index in [0.29, 0.717) is 45.1 Å². The minimum absolute atomic E-state index is 0.00930. The van der Waals surface area contributed by atoms with Crippen LogP contribution < -0.4 is 11.1 Å². The van der Waals surface area contributed by atoms with Crippen LogP contribution in [0.25, 0.3) is 21.8 Å². The van der Waals surface area contributed by atoms with Gasteiger partial charge in [-0.25, -0.2) is 9.97 Å². The predicted octanol–water partition coefficient (Wildman–Crippen LogP) is 4.52. The highest BCUT2D eigenvalue weighted by Gasteiger charge is 2.14. The van der Waals surface area contributed by atoms with Crippen LogP contribution in [0.1, 0.15) is 38.4 Å². The largest absolute Gasteiger partial charge is 0.299 e. The first-order valence-electron chi connectivity index (χ1n) is 10.7. The number of hydrogen-bond donors (Lipinski definition) is 0. The number of thioether (sulfide) groups is 1. The normalized spacial score (nSPS) is 11.4. The molecular weight excluding hydrogens is 408 g/mol. The van der Waals surface area contributed by atoms with Crippen LogP contribution in [0.15, 0.2) is 63.3 Å². The molecule has 0 N–H and O–H groups in total. The molecule has 0 fully saturated rings. The second-order valence-electron chi connectivity index (χ2n) is 7.63. The number of rotatable bonds is 8. The zero-order valence-electron chi connectivity index (χ0n) is 17.9. The standard InChI is InChI=1S/C24H26N4O2S/c1-3-4-5-10-15-28-23(30)18-12-7-9-14-20(18)26-24(28)31-16-21-25-19-13-8-6-11-17(19)22(29)27(21)2/h6-9,11-14H,3-5,10,15-16H2,1-2H3. The van der Waals surface area contributed by atoms with Gasteiger partial charge in [-0.1, -0.05) is 62.2 Å². The van der Waals surface area contributed by atoms with Crippen molar-refractivity contribution in [3.8, 4) is 0 Å². The second kappa shape index (κ2) is 9.47. The number of nitrogens with zero attached hydrogens (tertiary/aromatic N) is 4. The number of hydrogen-bond acceptors (Lipinski definition) is 5. The van der Waals surface area contributed by atoms with Crippen LogP contribution in [0.4, 0.5) is 0 Å². The Hall–Kier alpha value is -2.93. The quantitative estimate of drug-likeness (QED) is 0.232. The number of benzene rings is 2. The molecule has 160 valence electrons. The Morgan fingerprint density at radius 1 is 0.839 bits per heavy atom. The smallest absolute Gasteiger partial charge is 0.262 e. The minimum Gasteiger partial charge on any atom is -0.299 e. The molecule has 0 amide bonds. The van der Waals surface area contributed by atoms with Crippen LogP contribution in [-0.2, 0) is 19.3 Å². The van der Waals surface area contributed by atoms with Crippen molar-refractivity contribution in [3.05, 3.63) is 75.1 Å². The van der Waals surface area contributed by atoms with Crippen LogP contribution in [0.5, 0.6) is 0 Å². The molecule has 7 heteroatoms. The molecule has 0 aliphatic rings. The van der Waals surface area contributed by atoms with Gasteiger partial charge in [-0.05, 0) is 30.7 Å². The second-order valence-corrected chi connectivity index (χ2v) is 8.57. The lowest BCUT2D eigenvalue weighted by atomic mass is 10.2. The Bertz CT molecular complexity index is 1340. The first-order valence-corrected chi connectivity index (χ1v) is 11.7. The van der Waals surface area contributed by atoms with Crippen molar-refractivity contribution in [2.24, 2.45) is 7.05 Å². The van der Waals surface area contributed by atoms with Gasteiger partial charge in [0.2, 0.25) is 0 Å². The lowest BCUT2D eigenvalue weighted by Gasteiger charge is -2.14. The van der Waals surface area contributed by atoms with E-state index in [1.54, 1.807) is 22.2 Å². The van der Waals surface area contributed by atoms with Gasteiger partial charge in [0.05, 0.1) is 27.6 Å². The molecule has 0 unspecified atom stereocenters. The summed E-state index contributed by atoms with van der Waals surface area (Å²) in [5.41, 5.74) is 1.30. The number of unbranched alkanes of at least 4 members (excludes halogenated alkanes) is 3. The molecule has 0 bridgehead atoms. The summed E-state index contributed by atoms with van der Waals surface area (Å²) < 4.78 is 3.36. The summed E-state index contributed by atoms with van der Waals surface area (Å²) in [6, 6.07) is 14.8. The maximum Gasteiger partial charge on any atom is 0.262 e. The molecule has 4 rings (SSSR count). The zero-order valence-corrected chi connectivity index (χ0v) is 18.7. The van der Waals surface area contributed by atoms with E-state index >= 15 is 0 Å². The van der Waals surface area contributed by atoms with Gasteiger partial charge in [-0.2, -0.15) is 0 Å². The fourth-order valence-corrected chi connectivity index (χ4v) is 4.68. The summed E-state index contributed by atoms with van der Waals surface area (Å²) in [6.07, 6.45) is 4.32. The van der Waals surface area contributed by atoms with Crippen molar-refractivity contribution in [1.82, 2.24) is 19.1 Å². The third-order valence-electron chi connectivity index (χ3n) is 5.47. The highest BCUT2D eigenvalue weighted by atomic mass is 32.2. The summed E-state index contributed by atoms with van der Waals surface area (Å²) in [4.78, 5) is 35.3. The Morgan fingerprint density at radius 2 is 1.48 bits per heavy atom. The van der Waals surface area contributed by atoms with E-state index in [2.05, 4.69) is 11.9 Å². The van der Waals surface area contributed by atoms with Crippen molar-refractivity contribution in [3.63, 3.8) is 0 Å². The van der Waals surface area contributed by atoms with E-state index in [1.807, 2.05) is 42.5 Å². The van der Waals surface area contributed by atoms with E-state index in [9.17, 15) is 9.59 Å². The number of para-hydroxylation sites is 2. The average Bonchev–Trinajstić information content (AvgIpc) is 2.79. The Morgan fingerprint density at radius 3 is 2.19 bits per heavy atom. The topological polar surface area (TPSA) is 69.8 Å². The molecule has 0 saturated heterocycles. The van der Waals surface area contributed by atoms with Crippen LogP contribution in [0.2, 0.25) is 0 Å². The van der Waals surface area contributed by atoms with Crippen molar-refractivity contribution in [2.45, 2.75) is 50.1 Å². The zero-order chi connectivity index (χ0) is 21.8. The first-order chi connectivity index (χ1) is 15.1. The van der Waals surface area contributed by atoms with Gasteiger partial charge in [0.1, 0.15) is 5.82 Å². The van der Waals surface area contributed by atoms with Crippen molar-refractivity contribution in [2.75, 3.05) is 0 Å². The molecule has 0 spiro atoms. The van der Waals surface area contributed by atoms with E-state index < -0.39 is 0 Å².